The van der Waals surface area contributed by atoms with Gasteiger partial charge in [-0.3, -0.25) is 24.3 Å². The fourth-order valence-electron chi connectivity index (χ4n) is 3.73. The van der Waals surface area contributed by atoms with Gasteiger partial charge in [-0.1, -0.05) is 41.4 Å². The lowest BCUT2D eigenvalue weighted by molar-refractivity contribution is -0.137. The molecule has 9 nitrogen and oxygen atoms in total. The highest BCUT2D eigenvalue weighted by atomic mass is 35.5. The van der Waals surface area contributed by atoms with Crippen molar-refractivity contribution >= 4 is 61.8 Å². The van der Waals surface area contributed by atoms with Crippen molar-refractivity contribution < 1.29 is 23.1 Å². The second kappa shape index (κ2) is 11.1. The zero-order chi connectivity index (χ0) is 26.6. The van der Waals surface area contributed by atoms with Crippen molar-refractivity contribution in [2.24, 2.45) is 0 Å². The van der Waals surface area contributed by atoms with Crippen molar-refractivity contribution in [1.29, 1.82) is 0 Å². The van der Waals surface area contributed by atoms with E-state index in [9.17, 15) is 23.1 Å². The third kappa shape index (κ3) is 6.53. The first-order valence-corrected chi connectivity index (χ1v) is 13.2. The third-order valence-corrected chi connectivity index (χ3v) is 7.26. The van der Waals surface area contributed by atoms with Crippen LogP contribution in [0.3, 0.4) is 0 Å². The Morgan fingerprint density at radius 1 is 0.946 bits per heavy atom. The first-order valence-electron chi connectivity index (χ1n) is 10.9. The lowest BCUT2D eigenvalue weighted by Gasteiger charge is -2.19. The maximum Gasteiger partial charge on any atom is 0.305 e. The normalized spacial score (nSPS) is 12.2. The van der Waals surface area contributed by atoms with Gasteiger partial charge < -0.3 is 10.4 Å². The van der Waals surface area contributed by atoms with Crippen LogP contribution in [0.2, 0.25) is 10.0 Å². The minimum atomic E-state index is -4.21. The number of para-hydroxylation sites is 1. The van der Waals surface area contributed by atoms with Crippen molar-refractivity contribution in [3.05, 3.63) is 94.2 Å². The minimum absolute atomic E-state index is 0.0363. The van der Waals surface area contributed by atoms with E-state index in [1.54, 1.807) is 30.3 Å². The number of carbonyl (C=O) groups excluding carboxylic acids is 1. The lowest BCUT2D eigenvalue weighted by atomic mass is 10.0. The highest BCUT2D eigenvalue weighted by molar-refractivity contribution is 7.93. The highest BCUT2D eigenvalue weighted by Crippen LogP contribution is 2.27. The number of benzene rings is 3. The number of fused-ring (bicyclic) bond motifs is 1. The number of nitrogens with one attached hydrogen (secondary N) is 2. The first-order chi connectivity index (χ1) is 17.6. The van der Waals surface area contributed by atoms with Gasteiger partial charge in [0, 0.05) is 28.5 Å². The van der Waals surface area contributed by atoms with Crippen LogP contribution in [0.5, 0.6) is 0 Å². The van der Waals surface area contributed by atoms with Crippen LogP contribution in [0.25, 0.3) is 11.0 Å². The van der Waals surface area contributed by atoms with Crippen molar-refractivity contribution in [2.75, 3.05) is 4.72 Å². The standard InChI is InChI=1S/C25H20Cl2N4O5S/c26-16-6-4-15(5-7-16)12-18(14-23(32)33)30-25(34)19-9-8-17(27)13-21(19)31-37(35,36)22-3-1-2-20-24(22)29-11-10-28-20/h1-11,13,18,31H,12,14H2,(H,30,34)(H,32,33)/t18-/m0/s1. The maximum atomic E-state index is 13.3. The Kier molecular flexibility index (Phi) is 7.91. The van der Waals surface area contributed by atoms with Crippen LogP contribution in [-0.4, -0.2) is 41.4 Å². The van der Waals surface area contributed by atoms with E-state index in [4.69, 9.17) is 23.2 Å². The molecule has 4 rings (SSSR count). The predicted octanol–water partition coefficient (Wildman–Crippen LogP) is 4.55. The SMILES string of the molecule is O=C(O)C[C@H](Cc1ccc(Cl)cc1)NC(=O)c1ccc(Cl)cc1NS(=O)(=O)c1cccc2nccnc12. The molecule has 4 aromatic rings. The number of carboxylic acid groups (broad SMARTS) is 1. The average molecular weight is 559 g/mol. The second-order valence-electron chi connectivity index (χ2n) is 8.07. The molecule has 1 atom stereocenters. The van der Waals surface area contributed by atoms with Gasteiger partial charge in [-0.25, -0.2) is 8.42 Å². The largest absolute Gasteiger partial charge is 0.481 e. The molecule has 1 amide bonds. The second-order valence-corrected chi connectivity index (χ2v) is 10.6. The van der Waals surface area contributed by atoms with Crippen molar-refractivity contribution in [2.45, 2.75) is 23.8 Å². The fourth-order valence-corrected chi connectivity index (χ4v) is 5.27. The van der Waals surface area contributed by atoms with E-state index in [1.807, 2.05) is 0 Å². The average Bonchev–Trinajstić information content (AvgIpc) is 2.84. The van der Waals surface area contributed by atoms with Crippen LogP contribution in [0, 0.1) is 0 Å². The number of hydrogen-bond donors (Lipinski definition) is 3. The molecule has 0 radical (unpaired) electrons. The minimum Gasteiger partial charge on any atom is -0.481 e. The lowest BCUT2D eigenvalue weighted by Crippen LogP contribution is -2.38. The summed E-state index contributed by atoms with van der Waals surface area (Å²) in [4.78, 5) is 32.8. The fraction of sp³-hybridized carbons (Fsp3) is 0.120. The summed E-state index contributed by atoms with van der Waals surface area (Å²) in [5, 5.41) is 12.8. The summed E-state index contributed by atoms with van der Waals surface area (Å²) in [6, 6.07) is 14.7. The molecule has 190 valence electrons. The zero-order valence-electron chi connectivity index (χ0n) is 19.1. The van der Waals surface area contributed by atoms with Crippen LogP contribution < -0.4 is 10.0 Å². The zero-order valence-corrected chi connectivity index (χ0v) is 21.4. The van der Waals surface area contributed by atoms with Gasteiger partial charge in [0.2, 0.25) is 0 Å². The number of carboxylic acids is 1. The summed E-state index contributed by atoms with van der Waals surface area (Å²) in [5.41, 5.74) is 1.20. The van der Waals surface area contributed by atoms with E-state index >= 15 is 0 Å². The van der Waals surface area contributed by atoms with E-state index in [2.05, 4.69) is 20.0 Å². The van der Waals surface area contributed by atoms with Crippen molar-refractivity contribution in [1.82, 2.24) is 15.3 Å². The van der Waals surface area contributed by atoms with Gasteiger partial charge in [0.25, 0.3) is 15.9 Å². The molecule has 0 spiro atoms. The summed E-state index contributed by atoms with van der Waals surface area (Å²) >= 11 is 12.0. The Balaban J connectivity index is 1.63. The monoisotopic (exact) mass is 558 g/mol. The molecule has 3 N–H and O–H groups in total. The van der Waals surface area contributed by atoms with Crippen LogP contribution in [0.15, 0.2) is 78.0 Å². The number of halogens is 2. The molecule has 0 bridgehead atoms. The highest BCUT2D eigenvalue weighted by Gasteiger charge is 2.24. The van der Waals surface area contributed by atoms with Crippen LogP contribution in [0.1, 0.15) is 22.3 Å². The van der Waals surface area contributed by atoms with Gasteiger partial charge in [-0.05, 0) is 54.4 Å². The Morgan fingerprint density at radius 3 is 2.38 bits per heavy atom. The number of amides is 1. The molecule has 0 saturated heterocycles. The number of aromatic nitrogens is 2. The van der Waals surface area contributed by atoms with Crippen molar-refractivity contribution in [3.63, 3.8) is 0 Å². The van der Waals surface area contributed by atoms with E-state index in [-0.39, 0.29) is 39.5 Å². The van der Waals surface area contributed by atoms with Gasteiger partial charge in [0.05, 0.1) is 23.2 Å². The molecule has 0 fully saturated rings. The number of carbonyl (C=O) groups is 2. The number of sulfonamides is 1. The molecule has 1 aromatic heterocycles. The third-order valence-electron chi connectivity index (χ3n) is 5.37. The van der Waals surface area contributed by atoms with E-state index in [0.29, 0.717) is 10.5 Å². The quantitative estimate of drug-likeness (QED) is 0.274. The molecule has 0 aliphatic rings. The Hall–Kier alpha value is -3.73. The van der Waals surface area contributed by atoms with Gasteiger partial charge in [0.15, 0.2) is 0 Å². The Bertz CT molecular complexity index is 1570. The molecule has 0 unspecified atom stereocenters. The Morgan fingerprint density at radius 2 is 1.65 bits per heavy atom. The molecular weight excluding hydrogens is 539 g/mol. The van der Waals surface area contributed by atoms with Crippen LogP contribution >= 0.6 is 23.2 Å². The van der Waals surface area contributed by atoms with Gasteiger partial charge in [-0.15, -0.1) is 0 Å². The molecule has 37 heavy (non-hydrogen) atoms. The smallest absolute Gasteiger partial charge is 0.305 e. The Labute approximate surface area is 222 Å². The summed E-state index contributed by atoms with van der Waals surface area (Å²) in [7, 11) is -4.21. The molecular formula is C25H20Cl2N4O5S. The van der Waals surface area contributed by atoms with Gasteiger partial charge in [0.1, 0.15) is 10.4 Å². The summed E-state index contributed by atoms with van der Waals surface area (Å²) < 4.78 is 29.0. The van der Waals surface area contributed by atoms with Crippen LogP contribution in [-0.2, 0) is 21.2 Å². The van der Waals surface area contributed by atoms with Crippen LogP contribution in [0.4, 0.5) is 5.69 Å². The molecule has 3 aromatic carbocycles. The number of rotatable bonds is 9. The number of hydrogen-bond acceptors (Lipinski definition) is 6. The maximum absolute atomic E-state index is 13.3. The number of nitrogens with zero attached hydrogens (tertiary/aromatic N) is 2. The number of anilines is 1. The summed E-state index contributed by atoms with van der Waals surface area (Å²) in [5.74, 6) is -1.78. The topological polar surface area (TPSA) is 138 Å². The number of aliphatic carboxylic acids is 1. The molecule has 0 aliphatic carbocycles. The molecule has 0 saturated carbocycles. The predicted molar refractivity (Wildman–Crippen MR) is 140 cm³/mol. The summed E-state index contributed by atoms with van der Waals surface area (Å²) in [6.07, 6.45) is 2.70. The van der Waals surface area contributed by atoms with E-state index in [1.165, 1.54) is 42.7 Å². The van der Waals surface area contributed by atoms with E-state index in [0.717, 1.165) is 5.56 Å². The van der Waals surface area contributed by atoms with E-state index < -0.39 is 27.9 Å². The first kappa shape index (κ1) is 26.3. The van der Waals surface area contributed by atoms with Crippen molar-refractivity contribution in [3.8, 4) is 0 Å². The molecule has 12 heteroatoms. The molecule has 1 heterocycles. The summed E-state index contributed by atoms with van der Waals surface area (Å²) in [6.45, 7) is 0. The van der Waals surface area contributed by atoms with Gasteiger partial charge >= 0.3 is 5.97 Å². The van der Waals surface area contributed by atoms with Gasteiger partial charge in [-0.2, -0.15) is 0 Å². The molecule has 0 aliphatic heterocycles.